The molecule has 1 aromatic heterocycles. The van der Waals surface area contributed by atoms with Crippen LogP contribution in [-0.2, 0) is 4.74 Å². The number of hydrogen-bond donors (Lipinski definition) is 1. The van der Waals surface area contributed by atoms with E-state index in [1.165, 1.54) is 6.07 Å². The van der Waals surface area contributed by atoms with Gasteiger partial charge in [-0.1, -0.05) is 23.2 Å². The highest BCUT2D eigenvalue weighted by atomic mass is 79.9. The van der Waals surface area contributed by atoms with Gasteiger partial charge in [-0.15, -0.1) is 5.10 Å². The lowest BCUT2D eigenvalue weighted by Crippen LogP contribution is -2.07. The molecule has 5 nitrogen and oxygen atoms in total. The molecule has 0 radical (unpaired) electrons. The van der Waals surface area contributed by atoms with Crippen molar-refractivity contribution in [1.29, 1.82) is 0 Å². The zero-order valence-electron chi connectivity index (χ0n) is 10.0. The molecule has 1 aromatic carbocycles. The minimum atomic E-state index is -0.800. The Morgan fingerprint density at radius 1 is 1.50 bits per heavy atom. The summed E-state index contributed by atoms with van der Waals surface area (Å²) in [5.41, 5.74) is -0.331. The summed E-state index contributed by atoms with van der Waals surface area (Å²) < 4.78 is 19.3. The first kappa shape index (κ1) is 15.2. The van der Waals surface area contributed by atoms with Crippen LogP contribution in [0.5, 0.6) is 0 Å². The zero-order chi connectivity index (χ0) is 14.9. The molecule has 0 saturated heterocycles. The van der Waals surface area contributed by atoms with Crippen molar-refractivity contribution in [1.82, 2.24) is 15.4 Å². The van der Waals surface area contributed by atoms with Gasteiger partial charge in [0.15, 0.2) is 11.5 Å². The number of esters is 1. The fourth-order valence-electron chi connectivity index (χ4n) is 1.53. The van der Waals surface area contributed by atoms with Crippen LogP contribution in [0.4, 0.5) is 4.39 Å². The van der Waals surface area contributed by atoms with E-state index in [1.54, 1.807) is 6.92 Å². The van der Waals surface area contributed by atoms with E-state index in [2.05, 4.69) is 31.3 Å². The van der Waals surface area contributed by atoms with Gasteiger partial charge in [-0.2, -0.15) is 10.3 Å². The van der Waals surface area contributed by atoms with Crippen LogP contribution in [0.2, 0.25) is 10.0 Å². The van der Waals surface area contributed by atoms with E-state index < -0.39 is 11.8 Å². The minimum absolute atomic E-state index is 0.0400. The molecular formula is C11H7BrCl2FN3O2. The predicted octanol–water partition coefficient (Wildman–Crippen LogP) is 3.86. The summed E-state index contributed by atoms with van der Waals surface area (Å²) in [4.78, 5) is 11.7. The molecule has 1 heterocycles. The molecule has 0 aliphatic carbocycles. The third-order valence-electron chi connectivity index (χ3n) is 2.37. The zero-order valence-corrected chi connectivity index (χ0v) is 13.1. The quantitative estimate of drug-likeness (QED) is 0.497. The SMILES string of the molecule is CCOC(=O)c1n[nH]nc1-c1c(Cl)cc(Br)c(Cl)c1F. The van der Waals surface area contributed by atoms with E-state index in [1.807, 2.05) is 0 Å². The Bertz CT molecular complexity index is 678. The molecule has 0 aliphatic rings. The van der Waals surface area contributed by atoms with E-state index in [4.69, 9.17) is 27.9 Å². The lowest BCUT2D eigenvalue weighted by Gasteiger charge is -2.07. The molecule has 0 aliphatic heterocycles. The Balaban J connectivity index is 2.62. The molecule has 2 aromatic rings. The van der Waals surface area contributed by atoms with E-state index in [0.717, 1.165) is 0 Å². The van der Waals surface area contributed by atoms with Gasteiger partial charge in [0.1, 0.15) is 5.69 Å². The Kier molecular flexibility index (Phi) is 4.62. The first-order chi connectivity index (χ1) is 9.47. The van der Waals surface area contributed by atoms with E-state index in [-0.39, 0.29) is 33.6 Å². The molecular weight excluding hydrogens is 376 g/mol. The van der Waals surface area contributed by atoms with Crippen LogP contribution >= 0.6 is 39.1 Å². The normalized spacial score (nSPS) is 10.7. The van der Waals surface area contributed by atoms with Crippen molar-refractivity contribution >= 4 is 45.1 Å². The molecule has 1 N–H and O–H groups in total. The molecule has 2 rings (SSSR count). The van der Waals surface area contributed by atoms with Gasteiger partial charge in [0.2, 0.25) is 0 Å². The second-order valence-corrected chi connectivity index (χ2v) is 5.22. The Hall–Kier alpha value is -1.18. The van der Waals surface area contributed by atoms with Gasteiger partial charge in [0.25, 0.3) is 0 Å². The summed E-state index contributed by atoms with van der Waals surface area (Å²) in [5.74, 6) is -1.53. The molecule has 106 valence electrons. The summed E-state index contributed by atoms with van der Waals surface area (Å²) in [6.45, 7) is 1.80. The molecule has 0 spiro atoms. The first-order valence-electron chi connectivity index (χ1n) is 5.38. The van der Waals surface area contributed by atoms with Crippen molar-refractivity contribution in [2.24, 2.45) is 0 Å². The number of carbonyl (C=O) groups excluding carboxylic acids is 1. The third-order valence-corrected chi connectivity index (χ3v) is 3.89. The standard InChI is InChI=1S/C11H7BrCl2FN3O2/c1-2-20-11(19)10-9(16-18-17-10)6-5(13)3-4(12)7(14)8(6)15/h3H,2H2,1H3,(H,16,17,18). The van der Waals surface area contributed by atoms with Gasteiger partial charge < -0.3 is 4.74 Å². The average Bonchev–Trinajstić information content (AvgIpc) is 2.85. The highest BCUT2D eigenvalue weighted by Gasteiger charge is 2.25. The predicted molar refractivity (Wildman–Crippen MR) is 75.5 cm³/mol. The average molecular weight is 383 g/mol. The lowest BCUT2D eigenvalue weighted by atomic mass is 10.1. The molecule has 0 fully saturated rings. The summed E-state index contributed by atoms with van der Waals surface area (Å²) >= 11 is 14.9. The van der Waals surface area contributed by atoms with Crippen molar-refractivity contribution in [3.8, 4) is 11.3 Å². The lowest BCUT2D eigenvalue weighted by molar-refractivity contribution is 0.0520. The maximum atomic E-state index is 14.2. The van der Waals surface area contributed by atoms with Crippen LogP contribution in [0.15, 0.2) is 10.5 Å². The number of nitrogens with zero attached hydrogens (tertiary/aromatic N) is 2. The van der Waals surface area contributed by atoms with Crippen LogP contribution in [0.25, 0.3) is 11.3 Å². The van der Waals surface area contributed by atoms with Crippen molar-refractivity contribution in [2.75, 3.05) is 6.61 Å². The Labute approximate surface area is 131 Å². The topological polar surface area (TPSA) is 67.9 Å². The number of hydrogen-bond acceptors (Lipinski definition) is 4. The monoisotopic (exact) mass is 381 g/mol. The van der Waals surface area contributed by atoms with Gasteiger partial charge in [0.05, 0.1) is 22.2 Å². The van der Waals surface area contributed by atoms with Gasteiger partial charge in [-0.05, 0) is 28.9 Å². The number of ether oxygens (including phenoxy) is 1. The third kappa shape index (κ3) is 2.65. The smallest absolute Gasteiger partial charge is 0.361 e. The Morgan fingerprint density at radius 2 is 2.20 bits per heavy atom. The van der Waals surface area contributed by atoms with Gasteiger partial charge >= 0.3 is 5.97 Å². The van der Waals surface area contributed by atoms with Crippen LogP contribution in [0.1, 0.15) is 17.4 Å². The first-order valence-corrected chi connectivity index (χ1v) is 6.93. The van der Waals surface area contributed by atoms with E-state index in [0.29, 0.717) is 4.47 Å². The molecule has 0 amide bonds. The maximum Gasteiger partial charge on any atom is 0.361 e. The summed E-state index contributed by atoms with van der Waals surface area (Å²) in [7, 11) is 0. The number of aromatic amines is 1. The summed E-state index contributed by atoms with van der Waals surface area (Å²) in [5, 5.41) is 9.52. The van der Waals surface area contributed by atoms with Gasteiger partial charge in [-0.3, -0.25) is 0 Å². The van der Waals surface area contributed by atoms with Gasteiger partial charge in [-0.25, -0.2) is 9.18 Å². The van der Waals surface area contributed by atoms with Crippen molar-refractivity contribution in [3.63, 3.8) is 0 Å². The molecule has 0 saturated carbocycles. The molecule has 9 heteroatoms. The van der Waals surface area contributed by atoms with E-state index in [9.17, 15) is 9.18 Å². The van der Waals surface area contributed by atoms with E-state index >= 15 is 0 Å². The number of aromatic nitrogens is 3. The van der Waals surface area contributed by atoms with Crippen molar-refractivity contribution < 1.29 is 13.9 Å². The van der Waals surface area contributed by atoms with Crippen LogP contribution in [0.3, 0.4) is 0 Å². The molecule has 0 atom stereocenters. The largest absolute Gasteiger partial charge is 0.461 e. The fraction of sp³-hybridized carbons (Fsp3) is 0.182. The number of halogens is 4. The fourth-order valence-corrected chi connectivity index (χ4v) is 2.50. The molecule has 0 bridgehead atoms. The van der Waals surface area contributed by atoms with Crippen LogP contribution in [-0.4, -0.2) is 28.0 Å². The number of nitrogens with one attached hydrogen (secondary N) is 1. The van der Waals surface area contributed by atoms with Crippen LogP contribution in [0, 0.1) is 5.82 Å². The highest BCUT2D eigenvalue weighted by Crippen LogP contribution is 2.38. The van der Waals surface area contributed by atoms with Gasteiger partial charge in [0, 0.05) is 4.47 Å². The summed E-state index contributed by atoms with van der Waals surface area (Å²) in [6.07, 6.45) is 0. The number of benzene rings is 1. The van der Waals surface area contributed by atoms with Crippen molar-refractivity contribution in [3.05, 3.63) is 32.1 Å². The Morgan fingerprint density at radius 3 is 2.85 bits per heavy atom. The second kappa shape index (κ2) is 6.07. The second-order valence-electron chi connectivity index (χ2n) is 3.58. The van der Waals surface area contributed by atoms with Crippen molar-refractivity contribution in [2.45, 2.75) is 6.92 Å². The molecule has 20 heavy (non-hydrogen) atoms. The maximum absolute atomic E-state index is 14.2. The number of rotatable bonds is 3. The number of carbonyl (C=O) groups is 1. The number of H-pyrrole nitrogens is 1. The summed E-state index contributed by atoms with van der Waals surface area (Å²) in [6, 6.07) is 1.41. The molecule has 0 unspecified atom stereocenters. The minimum Gasteiger partial charge on any atom is -0.461 e. The highest BCUT2D eigenvalue weighted by molar-refractivity contribution is 9.10. The van der Waals surface area contributed by atoms with Crippen LogP contribution < -0.4 is 0 Å².